The highest BCUT2D eigenvalue weighted by molar-refractivity contribution is 5.96. The van der Waals surface area contributed by atoms with Crippen LogP contribution < -0.4 is 20.1 Å². The highest BCUT2D eigenvalue weighted by atomic mass is 16.7. The number of carbonyl (C=O) groups excluding carboxylic acids is 2. The van der Waals surface area contributed by atoms with Crippen LogP contribution in [0.4, 0.5) is 10.5 Å². The number of anilines is 1. The van der Waals surface area contributed by atoms with Gasteiger partial charge in [-0.3, -0.25) is 4.79 Å². The van der Waals surface area contributed by atoms with E-state index in [0.29, 0.717) is 22.7 Å². The van der Waals surface area contributed by atoms with Crippen LogP contribution in [0.25, 0.3) is 0 Å². The molecule has 6 nitrogen and oxygen atoms in total. The average molecular weight is 326 g/mol. The van der Waals surface area contributed by atoms with Gasteiger partial charge in [0.1, 0.15) is 0 Å². The van der Waals surface area contributed by atoms with Gasteiger partial charge in [0.05, 0.1) is 6.04 Å². The summed E-state index contributed by atoms with van der Waals surface area (Å²) >= 11 is 0. The Morgan fingerprint density at radius 2 is 1.88 bits per heavy atom. The molecule has 24 heavy (non-hydrogen) atoms. The van der Waals surface area contributed by atoms with Crippen molar-refractivity contribution in [1.29, 1.82) is 0 Å². The Labute approximate surface area is 139 Å². The van der Waals surface area contributed by atoms with Crippen molar-refractivity contribution in [2.24, 2.45) is 0 Å². The van der Waals surface area contributed by atoms with Gasteiger partial charge >= 0.3 is 6.03 Å². The first-order valence-corrected chi connectivity index (χ1v) is 7.61. The van der Waals surface area contributed by atoms with Crippen LogP contribution in [0.3, 0.4) is 0 Å². The molecule has 0 aromatic heterocycles. The highest BCUT2D eigenvalue weighted by Gasteiger charge is 2.17. The summed E-state index contributed by atoms with van der Waals surface area (Å²) in [7, 11) is 0. The fraction of sp³-hybridized carbons (Fsp3) is 0.222. The number of ether oxygens (including phenoxy) is 2. The molecule has 0 bridgehead atoms. The second-order valence-electron chi connectivity index (χ2n) is 5.57. The van der Waals surface area contributed by atoms with E-state index in [1.165, 1.54) is 6.92 Å². The van der Waals surface area contributed by atoms with E-state index in [-0.39, 0.29) is 24.6 Å². The maximum atomic E-state index is 12.1. The molecule has 124 valence electrons. The Balaban J connectivity index is 1.64. The van der Waals surface area contributed by atoms with Crippen molar-refractivity contribution in [3.05, 3.63) is 53.6 Å². The molecule has 2 N–H and O–H groups in total. The van der Waals surface area contributed by atoms with Gasteiger partial charge in [0, 0.05) is 11.3 Å². The van der Waals surface area contributed by atoms with Gasteiger partial charge in [0.15, 0.2) is 17.3 Å². The molecule has 0 spiro atoms. The molecule has 0 fully saturated rings. The maximum Gasteiger partial charge on any atom is 0.319 e. The molecule has 3 rings (SSSR count). The lowest BCUT2D eigenvalue weighted by Gasteiger charge is -2.15. The van der Waals surface area contributed by atoms with Gasteiger partial charge in [-0.15, -0.1) is 0 Å². The van der Waals surface area contributed by atoms with Gasteiger partial charge in [-0.25, -0.2) is 4.79 Å². The van der Waals surface area contributed by atoms with Crippen molar-refractivity contribution < 1.29 is 19.1 Å². The van der Waals surface area contributed by atoms with E-state index in [4.69, 9.17) is 9.47 Å². The van der Waals surface area contributed by atoms with Crippen LogP contribution >= 0.6 is 0 Å². The molecular weight excluding hydrogens is 308 g/mol. The van der Waals surface area contributed by atoms with Crippen LogP contribution in [0.1, 0.15) is 35.8 Å². The van der Waals surface area contributed by atoms with Gasteiger partial charge in [-0.05, 0) is 43.7 Å². The van der Waals surface area contributed by atoms with Crippen LogP contribution in [0.15, 0.2) is 42.5 Å². The first-order valence-electron chi connectivity index (χ1n) is 7.61. The molecule has 0 saturated carbocycles. The molecule has 0 unspecified atom stereocenters. The molecule has 1 aliphatic heterocycles. The smallest absolute Gasteiger partial charge is 0.319 e. The van der Waals surface area contributed by atoms with E-state index in [1.807, 2.05) is 25.1 Å². The predicted molar refractivity (Wildman–Crippen MR) is 89.6 cm³/mol. The minimum absolute atomic E-state index is 0.0483. The summed E-state index contributed by atoms with van der Waals surface area (Å²) in [6, 6.07) is 11.8. The van der Waals surface area contributed by atoms with Crippen molar-refractivity contribution >= 4 is 17.5 Å². The molecule has 2 aromatic carbocycles. The first kappa shape index (κ1) is 15.9. The Morgan fingerprint density at radius 3 is 2.67 bits per heavy atom. The summed E-state index contributed by atoms with van der Waals surface area (Å²) in [6.07, 6.45) is 0. The van der Waals surface area contributed by atoms with Crippen molar-refractivity contribution in [3.8, 4) is 11.5 Å². The second kappa shape index (κ2) is 6.62. The minimum Gasteiger partial charge on any atom is -0.454 e. The van der Waals surface area contributed by atoms with Gasteiger partial charge in [-0.2, -0.15) is 0 Å². The predicted octanol–water partition coefficient (Wildman–Crippen LogP) is 3.50. The van der Waals surface area contributed by atoms with Crippen LogP contribution in [0.5, 0.6) is 11.5 Å². The zero-order valence-electron chi connectivity index (χ0n) is 13.5. The Hall–Kier alpha value is -3.02. The number of Topliss-reactive ketones (excluding diaryl/α,β-unsaturated/α-hetero) is 1. The number of amides is 2. The zero-order valence-corrected chi connectivity index (χ0v) is 13.5. The summed E-state index contributed by atoms with van der Waals surface area (Å²) in [5.74, 6) is 1.33. The van der Waals surface area contributed by atoms with E-state index < -0.39 is 0 Å². The molecule has 1 heterocycles. The number of carbonyl (C=O) groups is 2. The summed E-state index contributed by atoms with van der Waals surface area (Å²) in [5.41, 5.74) is 2.03. The lowest BCUT2D eigenvalue weighted by atomic mass is 10.1. The molecule has 1 atom stereocenters. The maximum absolute atomic E-state index is 12.1. The minimum atomic E-state index is -0.346. The number of benzene rings is 2. The molecule has 2 aromatic rings. The van der Waals surface area contributed by atoms with Crippen LogP contribution in [-0.2, 0) is 0 Å². The van der Waals surface area contributed by atoms with Crippen LogP contribution in [0.2, 0.25) is 0 Å². The fourth-order valence-corrected chi connectivity index (χ4v) is 2.45. The third-order valence-corrected chi connectivity index (χ3v) is 3.77. The van der Waals surface area contributed by atoms with Gasteiger partial charge < -0.3 is 20.1 Å². The molecule has 0 radical (unpaired) electrons. The van der Waals surface area contributed by atoms with Crippen molar-refractivity contribution in [2.45, 2.75) is 19.9 Å². The molecule has 0 saturated heterocycles. The first-order chi connectivity index (χ1) is 11.5. The van der Waals surface area contributed by atoms with Crippen molar-refractivity contribution in [3.63, 3.8) is 0 Å². The zero-order chi connectivity index (χ0) is 17.1. The largest absolute Gasteiger partial charge is 0.454 e. The van der Waals surface area contributed by atoms with Gasteiger partial charge in [0.25, 0.3) is 0 Å². The third-order valence-electron chi connectivity index (χ3n) is 3.77. The van der Waals surface area contributed by atoms with E-state index >= 15 is 0 Å². The summed E-state index contributed by atoms with van der Waals surface area (Å²) in [5, 5.41) is 5.59. The van der Waals surface area contributed by atoms with E-state index in [1.54, 1.807) is 24.3 Å². The Kier molecular flexibility index (Phi) is 4.37. The van der Waals surface area contributed by atoms with E-state index in [2.05, 4.69) is 10.6 Å². The lowest BCUT2D eigenvalue weighted by Crippen LogP contribution is -2.31. The monoisotopic (exact) mass is 326 g/mol. The quantitative estimate of drug-likeness (QED) is 0.843. The highest BCUT2D eigenvalue weighted by Crippen LogP contribution is 2.34. The summed E-state index contributed by atoms with van der Waals surface area (Å²) < 4.78 is 10.6. The lowest BCUT2D eigenvalue weighted by molar-refractivity contribution is 0.101. The molecule has 0 aliphatic carbocycles. The Bertz CT molecular complexity index is 788. The normalized spacial score (nSPS) is 13.2. The number of fused-ring (bicyclic) bond motifs is 1. The number of rotatable bonds is 4. The second-order valence-corrected chi connectivity index (χ2v) is 5.57. The molecular formula is C18H18N2O4. The summed E-state index contributed by atoms with van der Waals surface area (Å²) in [6.45, 7) is 3.58. The van der Waals surface area contributed by atoms with Gasteiger partial charge in [0.2, 0.25) is 6.79 Å². The molecule has 1 aliphatic rings. The van der Waals surface area contributed by atoms with Crippen molar-refractivity contribution in [1.82, 2.24) is 5.32 Å². The third kappa shape index (κ3) is 3.48. The number of urea groups is 1. The number of nitrogens with one attached hydrogen (secondary N) is 2. The number of ketones is 1. The number of hydrogen-bond donors (Lipinski definition) is 2. The molecule has 2 amide bonds. The average Bonchev–Trinajstić information content (AvgIpc) is 3.02. The van der Waals surface area contributed by atoms with E-state index in [9.17, 15) is 9.59 Å². The number of hydrogen-bond acceptors (Lipinski definition) is 4. The SMILES string of the molecule is CC(=O)c1cccc(NC(=O)N[C@@H](C)c2ccc3c(c2)OCO3)c1. The van der Waals surface area contributed by atoms with Crippen LogP contribution in [-0.4, -0.2) is 18.6 Å². The standard InChI is InChI=1S/C18H18N2O4/c1-11(13-6-7-16-17(9-13)24-10-23-16)19-18(22)20-15-5-3-4-14(8-15)12(2)21/h3-9,11H,10H2,1-2H3,(H2,19,20,22)/t11-/m0/s1. The molecule has 6 heteroatoms. The fourth-order valence-electron chi connectivity index (χ4n) is 2.45. The summed E-state index contributed by atoms with van der Waals surface area (Å²) in [4.78, 5) is 23.5. The van der Waals surface area contributed by atoms with Crippen LogP contribution in [0, 0.1) is 0 Å². The Morgan fingerprint density at radius 1 is 1.08 bits per heavy atom. The van der Waals surface area contributed by atoms with E-state index in [0.717, 1.165) is 5.56 Å². The van der Waals surface area contributed by atoms with Gasteiger partial charge in [-0.1, -0.05) is 18.2 Å². The van der Waals surface area contributed by atoms with Crippen molar-refractivity contribution in [2.75, 3.05) is 12.1 Å². The topological polar surface area (TPSA) is 76.7 Å².